The van der Waals surface area contributed by atoms with Crippen LogP contribution in [-0.2, 0) is 9.59 Å². The van der Waals surface area contributed by atoms with Crippen LogP contribution in [0.4, 0.5) is 0 Å². The molecule has 0 aliphatic rings. The van der Waals surface area contributed by atoms with Crippen molar-refractivity contribution in [1.82, 2.24) is 5.32 Å². The van der Waals surface area contributed by atoms with E-state index in [0.717, 1.165) is 6.08 Å². The van der Waals surface area contributed by atoms with E-state index in [4.69, 9.17) is 0 Å². The van der Waals surface area contributed by atoms with Gasteiger partial charge in [-0.2, -0.15) is 0 Å². The second kappa shape index (κ2) is 6.37. The SMILES string of the molecule is C=CC(=O)NCC(C=O)C(=O)c1ccccc1. The molecule has 0 bridgehead atoms. The molecule has 0 fully saturated rings. The monoisotopic (exact) mass is 231 g/mol. The van der Waals surface area contributed by atoms with Gasteiger partial charge in [0.25, 0.3) is 0 Å². The second-order valence-corrected chi connectivity index (χ2v) is 3.42. The van der Waals surface area contributed by atoms with Crippen LogP contribution in [0.2, 0.25) is 0 Å². The highest BCUT2D eigenvalue weighted by molar-refractivity contribution is 6.05. The average Bonchev–Trinajstić information content (AvgIpc) is 2.39. The quantitative estimate of drug-likeness (QED) is 0.343. The summed E-state index contributed by atoms with van der Waals surface area (Å²) >= 11 is 0. The van der Waals surface area contributed by atoms with Gasteiger partial charge in [0, 0.05) is 12.1 Å². The molecule has 1 N–H and O–H groups in total. The van der Waals surface area contributed by atoms with E-state index in [0.29, 0.717) is 11.8 Å². The molecular weight excluding hydrogens is 218 g/mol. The number of benzene rings is 1. The number of ketones is 1. The van der Waals surface area contributed by atoms with Crippen molar-refractivity contribution in [2.45, 2.75) is 0 Å². The van der Waals surface area contributed by atoms with E-state index >= 15 is 0 Å². The lowest BCUT2D eigenvalue weighted by Gasteiger charge is -2.09. The number of carbonyl (C=O) groups is 3. The topological polar surface area (TPSA) is 63.2 Å². The lowest BCUT2D eigenvalue weighted by Crippen LogP contribution is -2.32. The highest BCUT2D eigenvalue weighted by Crippen LogP contribution is 2.06. The van der Waals surface area contributed by atoms with Crippen molar-refractivity contribution in [1.29, 1.82) is 0 Å². The molecule has 1 atom stereocenters. The third kappa shape index (κ3) is 3.68. The first-order chi connectivity index (χ1) is 8.19. The van der Waals surface area contributed by atoms with Gasteiger partial charge in [0.2, 0.25) is 5.91 Å². The van der Waals surface area contributed by atoms with Crippen molar-refractivity contribution >= 4 is 18.0 Å². The summed E-state index contributed by atoms with van der Waals surface area (Å²) in [5.41, 5.74) is 0.456. The number of aldehydes is 1. The van der Waals surface area contributed by atoms with Crippen LogP contribution in [0.15, 0.2) is 43.0 Å². The van der Waals surface area contributed by atoms with Crippen LogP contribution in [0, 0.1) is 5.92 Å². The molecule has 0 saturated heterocycles. The first kappa shape index (κ1) is 12.8. The summed E-state index contributed by atoms with van der Waals surface area (Å²) in [6.07, 6.45) is 1.63. The smallest absolute Gasteiger partial charge is 0.243 e. The highest BCUT2D eigenvalue weighted by atomic mass is 16.2. The Morgan fingerprint density at radius 1 is 1.29 bits per heavy atom. The third-order valence-corrected chi connectivity index (χ3v) is 2.24. The summed E-state index contributed by atoms with van der Waals surface area (Å²) in [5, 5.41) is 2.42. The normalized spacial score (nSPS) is 11.3. The summed E-state index contributed by atoms with van der Waals surface area (Å²) in [4.78, 5) is 33.6. The van der Waals surface area contributed by atoms with Crippen LogP contribution in [-0.4, -0.2) is 24.5 Å². The molecule has 1 aromatic rings. The maximum Gasteiger partial charge on any atom is 0.243 e. The molecule has 4 heteroatoms. The average molecular weight is 231 g/mol. The molecule has 17 heavy (non-hydrogen) atoms. The largest absolute Gasteiger partial charge is 0.351 e. The molecule has 4 nitrogen and oxygen atoms in total. The third-order valence-electron chi connectivity index (χ3n) is 2.24. The molecule has 1 aromatic carbocycles. The number of nitrogens with one attached hydrogen (secondary N) is 1. The molecule has 0 heterocycles. The van der Waals surface area contributed by atoms with Crippen molar-refractivity contribution in [3.63, 3.8) is 0 Å². The summed E-state index contributed by atoms with van der Waals surface area (Å²) in [5.74, 6) is -1.57. The molecule has 0 aliphatic carbocycles. The van der Waals surface area contributed by atoms with Crippen molar-refractivity contribution < 1.29 is 14.4 Å². The Hall–Kier alpha value is -2.23. The second-order valence-electron chi connectivity index (χ2n) is 3.42. The Kier molecular flexibility index (Phi) is 4.81. The van der Waals surface area contributed by atoms with Gasteiger partial charge < -0.3 is 10.1 Å². The number of hydrogen-bond donors (Lipinski definition) is 1. The molecule has 1 amide bonds. The highest BCUT2D eigenvalue weighted by Gasteiger charge is 2.19. The lowest BCUT2D eigenvalue weighted by atomic mass is 9.99. The fourth-order valence-corrected chi connectivity index (χ4v) is 1.30. The fourth-order valence-electron chi connectivity index (χ4n) is 1.30. The Morgan fingerprint density at radius 2 is 1.94 bits per heavy atom. The van der Waals surface area contributed by atoms with Gasteiger partial charge in [0.15, 0.2) is 5.78 Å². The van der Waals surface area contributed by atoms with Crippen molar-refractivity contribution in [3.8, 4) is 0 Å². The number of hydrogen-bond acceptors (Lipinski definition) is 3. The zero-order valence-corrected chi connectivity index (χ0v) is 9.26. The number of Topliss-reactive ketones (excluding diaryl/α,β-unsaturated/α-hetero) is 1. The minimum Gasteiger partial charge on any atom is -0.351 e. The van der Waals surface area contributed by atoms with E-state index in [1.807, 2.05) is 0 Å². The van der Waals surface area contributed by atoms with Crippen LogP contribution in [0.1, 0.15) is 10.4 Å². The summed E-state index contributed by atoms with van der Waals surface area (Å²) in [6.45, 7) is 3.27. The number of amides is 1. The van der Waals surface area contributed by atoms with E-state index in [1.165, 1.54) is 0 Å². The maximum atomic E-state index is 11.9. The van der Waals surface area contributed by atoms with Gasteiger partial charge in [-0.15, -0.1) is 0 Å². The standard InChI is InChI=1S/C13H13NO3/c1-2-12(16)14-8-11(9-15)13(17)10-6-4-3-5-7-10/h2-7,9,11H,1,8H2,(H,14,16). The Labute approximate surface area is 99.3 Å². The van der Waals surface area contributed by atoms with Gasteiger partial charge in [-0.05, 0) is 6.08 Å². The molecule has 1 rings (SSSR count). The zero-order valence-electron chi connectivity index (χ0n) is 9.26. The number of rotatable bonds is 6. The Bertz CT molecular complexity index is 426. The van der Waals surface area contributed by atoms with Crippen molar-refractivity contribution in [2.24, 2.45) is 5.92 Å². The molecule has 1 unspecified atom stereocenters. The first-order valence-electron chi connectivity index (χ1n) is 5.14. The van der Waals surface area contributed by atoms with Gasteiger partial charge >= 0.3 is 0 Å². The van der Waals surface area contributed by atoms with Gasteiger partial charge in [0.1, 0.15) is 6.29 Å². The molecule has 0 radical (unpaired) electrons. The Balaban J connectivity index is 2.68. The van der Waals surface area contributed by atoms with Crippen molar-refractivity contribution in [2.75, 3.05) is 6.54 Å². The summed E-state index contributed by atoms with van der Waals surface area (Å²) in [7, 11) is 0. The van der Waals surface area contributed by atoms with Crippen LogP contribution < -0.4 is 5.32 Å². The van der Waals surface area contributed by atoms with Crippen LogP contribution in [0.3, 0.4) is 0 Å². The van der Waals surface area contributed by atoms with E-state index < -0.39 is 11.8 Å². The predicted molar refractivity (Wildman–Crippen MR) is 63.5 cm³/mol. The van der Waals surface area contributed by atoms with Gasteiger partial charge in [-0.3, -0.25) is 9.59 Å². The van der Waals surface area contributed by atoms with E-state index in [1.54, 1.807) is 30.3 Å². The molecule has 0 spiro atoms. The summed E-state index contributed by atoms with van der Waals surface area (Å²) < 4.78 is 0. The lowest BCUT2D eigenvalue weighted by molar-refractivity contribution is -0.116. The molecule has 0 aliphatic heterocycles. The zero-order chi connectivity index (χ0) is 12.7. The molecule has 0 aromatic heterocycles. The van der Waals surface area contributed by atoms with E-state index in [2.05, 4.69) is 11.9 Å². The van der Waals surface area contributed by atoms with Gasteiger partial charge in [-0.1, -0.05) is 36.9 Å². The van der Waals surface area contributed by atoms with Crippen molar-refractivity contribution in [3.05, 3.63) is 48.6 Å². The van der Waals surface area contributed by atoms with E-state index in [-0.39, 0.29) is 12.3 Å². The molecule has 88 valence electrons. The minimum atomic E-state index is -0.860. The van der Waals surface area contributed by atoms with Gasteiger partial charge in [0.05, 0.1) is 5.92 Å². The minimum absolute atomic E-state index is 0.0118. The maximum absolute atomic E-state index is 11.9. The molecule has 0 saturated carbocycles. The Morgan fingerprint density at radius 3 is 2.47 bits per heavy atom. The first-order valence-corrected chi connectivity index (χ1v) is 5.14. The van der Waals surface area contributed by atoms with Gasteiger partial charge in [-0.25, -0.2) is 0 Å². The molecular formula is C13H13NO3. The summed E-state index contributed by atoms with van der Waals surface area (Å²) in [6, 6.07) is 8.49. The van der Waals surface area contributed by atoms with Crippen LogP contribution in [0.25, 0.3) is 0 Å². The predicted octanol–water partition coefficient (Wildman–Crippen LogP) is 0.987. The number of carbonyl (C=O) groups excluding carboxylic acids is 3. The fraction of sp³-hybridized carbons (Fsp3) is 0.154. The van der Waals surface area contributed by atoms with Crippen LogP contribution in [0.5, 0.6) is 0 Å². The van der Waals surface area contributed by atoms with E-state index in [9.17, 15) is 14.4 Å². The van der Waals surface area contributed by atoms with Crippen LogP contribution >= 0.6 is 0 Å².